The topological polar surface area (TPSA) is 166 Å². The highest BCUT2D eigenvalue weighted by atomic mass is 16.6. The van der Waals surface area contributed by atoms with Gasteiger partial charge in [0.25, 0.3) is 0 Å². The van der Waals surface area contributed by atoms with E-state index in [1.165, 1.54) is 24.3 Å². The van der Waals surface area contributed by atoms with E-state index < -0.39 is 36.1 Å². The number of rotatable bonds is 10. The number of carboxylic acid groups (broad SMARTS) is 2. The molecule has 1 heterocycles. The first-order chi connectivity index (χ1) is 22.1. The molecule has 11 heteroatoms. The summed E-state index contributed by atoms with van der Waals surface area (Å²) in [6.07, 6.45) is -3.04. The van der Waals surface area contributed by atoms with Crippen LogP contribution in [0.5, 0.6) is 5.75 Å². The zero-order valence-corrected chi connectivity index (χ0v) is 27.4. The van der Waals surface area contributed by atoms with Gasteiger partial charge in [-0.3, -0.25) is 4.79 Å². The van der Waals surface area contributed by atoms with Gasteiger partial charge in [-0.1, -0.05) is 67.4 Å². The van der Waals surface area contributed by atoms with Gasteiger partial charge in [-0.15, -0.1) is 0 Å². The van der Waals surface area contributed by atoms with Crippen LogP contribution in [0.2, 0.25) is 0 Å². The number of hydrogen-bond donors (Lipinski definition) is 3. The number of aryl methyl sites for hydroxylation is 2. The third-order valence-corrected chi connectivity index (χ3v) is 8.48. The fraction of sp³-hybridized carbons (Fsp3) is 0.361. The minimum Gasteiger partial charge on any atom is -0.496 e. The molecule has 3 aromatic rings. The molecule has 3 N–H and O–H groups in total. The number of carbonyl (C=O) groups excluding carboxylic acids is 3. The van der Waals surface area contributed by atoms with Crippen LogP contribution >= 0.6 is 0 Å². The van der Waals surface area contributed by atoms with Crippen LogP contribution in [-0.4, -0.2) is 71.3 Å². The largest absolute Gasteiger partial charge is 0.496 e. The van der Waals surface area contributed by atoms with Crippen molar-refractivity contribution in [3.05, 3.63) is 101 Å². The predicted octanol–water partition coefficient (Wildman–Crippen LogP) is 4.81. The van der Waals surface area contributed by atoms with E-state index in [4.69, 9.17) is 14.2 Å². The molecule has 0 aliphatic carbocycles. The Kier molecular flexibility index (Phi) is 12.0. The summed E-state index contributed by atoms with van der Waals surface area (Å²) in [5.41, 5.74) is 2.33. The van der Waals surface area contributed by atoms with E-state index in [9.17, 15) is 34.2 Å². The maximum atomic E-state index is 12.2. The Morgan fingerprint density at radius 2 is 1.21 bits per heavy atom. The van der Waals surface area contributed by atoms with Crippen molar-refractivity contribution in [2.75, 3.05) is 13.7 Å². The van der Waals surface area contributed by atoms with E-state index in [0.717, 1.165) is 35.4 Å². The van der Waals surface area contributed by atoms with Crippen LogP contribution in [-0.2, 0) is 30.3 Å². The number of para-hydroxylation sites is 1. The van der Waals surface area contributed by atoms with E-state index in [0.29, 0.717) is 12.2 Å². The molecule has 0 radical (unpaired) electrons. The predicted molar refractivity (Wildman–Crippen MR) is 173 cm³/mol. The molecule has 2 unspecified atom stereocenters. The Labute approximate surface area is 273 Å². The number of aliphatic carboxylic acids is 2. The first kappa shape index (κ1) is 36.4. The molecule has 250 valence electrons. The van der Waals surface area contributed by atoms with Crippen LogP contribution in [0.1, 0.15) is 64.6 Å². The second-order valence-corrected chi connectivity index (χ2v) is 12.1. The van der Waals surface area contributed by atoms with E-state index in [1.807, 2.05) is 32.0 Å². The van der Waals surface area contributed by atoms with Crippen molar-refractivity contribution in [3.8, 4) is 5.75 Å². The second-order valence-electron chi connectivity index (χ2n) is 12.1. The quantitative estimate of drug-likeness (QED) is 0.259. The fourth-order valence-electron chi connectivity index (χ4n) is 5.04. The van der Waals surface area contributed by atoms with Gasteiger partial charge >= 0.3 is 23.9 Å². The Balaban J connectivity index is 0.000000274. The van der Waals surface area contributed by atoms with Crippen LogP contribution in [0, 0.1) is 19.3 Å². The van der Waals surface area contributed by atoms with Crippen molar-refractivity contribution in [2.24, 2.45) is 5.41 Å². The normalized spacial score (nSPS) is 18.0. The van der Waals surface area contributed by atoms with Crippen molar-refractivity contribution in [2.45, 2.75) is 65.2 Å². The molecule has 3 atom stereocenters. The molecule has 1 saturated heterocycles. The standard InChI is InChI=1S/C20H18O8.C16H23NO2/c1-11-3-7-13(8-4-11)19(25)27-15(17(21)22)16(18(23)24)28-20(26)14-9-5-12(2)6-10-14;1-15(2)14(18)9-10-17-16(15,3)11-12-7-5-6-8-13(12)19-4/h3-10,15-16H,1-2H3,(H,21,22)(H,23,24);5-8,17H,9-11H2,1-4H3/t;16-/m.1/s1. The number of piperidine rings is 1. The number of ketones is 1. The van der Waals surface area contributed by atoms with E-state index in [-0.39, 0.29) is 22.1 Å². The smallest absolute Gasteiger partial charge is 0.349 e. The highest BCUT2D eigenvalue weighted by Gasteiger charge is 2.48. The van der Waals surface area contributed by atoms with E-state index in [2.05, 4.69) is 18.3 Å². The average Bonchev–Trinajstić information content (AvgIpc) is 3.02. The van der Waals surface area contributed by atoms with Crippen molar-refractivity contribution in [1.29, 1.82) is 0 Å². The molecule has 1 fully saturated rings. The highest BCUT2D eigenvalue weighted by Crippen LogP contribution is 2.39. The number of carboxylic acids is 2. The Morgan fingerprint density at radius 3 is 1.64 bits per heavy atom. The first-order valence-electron chi connectivity index (χ1n) is 15.0. The maximum absolute atomic E-state index is 12.2. The monoisotopic (exact) mass is 647 g/mol. The third kappa shape index (κ3) is 9.04. The molecule has 47 heavy (non-hydrogen) atoms. The molecule has 0 amide bonds. The molecule has 11 nitrogen and oxygen atoms in total. The van der Waals surface area contributed by atoms with Gasteiger partial charge in [-0.2, -0.15) is 0 Å². The SMILES string of the molecule is COc1ccccc1C[C@@]1(C)NCCC(=O)C1(C)C.Cc1ccc(C(=O)OC(C(=O)O)C(OC(=O)c2ccc(C)cc2)C(=O)O)cc1. The Bertz CT molecular complexity index is 1520. The summed E-state index contributed by atoms with van der Waals surface area (Å²) in [4.78, 5) is 59.5. The second kappa shape index (κ2) is 15.5. The summed E-state index contributed by atoms with van der Waals surface area (Å²) in [5.74, 6) is -4.40. The highest BCUT2D eigenvalue weighted by molar-refractivity contribution is 5.95. The van der Waals surface area contributed by atoms with Crippen LogP contribution in [0.15, 0.2) is 72.8 Å². The summed E-state index contributed by atoms with van der Waals surface area (Å²) in [6.45, 7) is 10.6. The summed E-state index contributed by atoms with van der Waals surface area (Å²) in [5, 5.41) is 22.2. The molecule has 0 aromatic heterocycles. The number of benzene rings is 3. The fourth-order valence-corrected chi connectivity index (χ4v) is 5.04. The minimum absolute atomic E-state index is 0.0332. The van der Waals surface area contributed by atoms with E-state index >= 15 is 0 Å². The molecule has 0 bridgehead atoms. The van der Waals surface area contributed by atoms with Crippen LogP contribution in [0.3, 0.4) is 0 Å². The number of Topliss-reactive ketones (excluding diaryl/α,β-unsaturated/α-hetero) is 1. The molecule has 1 aliphatic heterocycles. The molecule has 0 spiro atoms. The van der Waals surface area contributed by atoms with Gasteiger partial charge in [0.1, 0.15) is 11.5 Å². The lowest BCUT2D eigenvalue weighted by Gasteiger charge is -2.47. The first-order valence-corrected chi connectivity index (χ1v) is 15.0. The lowest BCUT2D eigenvalue weighted by molar-refractivity contribution is -0.166. The average molecular weight is 648 g/mol. The van der Waals surface area contributed by atoms with Crippen molar-refractivity contribution in [1.82, 2.24) is 5.32 Å². The van der Waals surface area contributed by atoms with Crippen molar-refractivity contribution < 1.29 is 48.4 Å². The molecular formula is C36H41NO10. The van der Waals surface area contributed by atoms with Crippen LogP contribution in [0.25, 0.3) is 0 Å². The molecule has 4 rings (SSSR count). The zero-order chi connectivity index (χ0) is 34.9. The zero-order valence-electron chi connectivity index (χ0n) is 27.4. The summed E-state index contributed by atoms with van der Waals surface area (Å²) >= 11 is 0. The lowest BCUT2D eigenvalue weighted by Crippen LogP contribution is -2.62. The minimum atomic E-state index is -2.22. The van der Waals surface area contributed by atoms with Crippen LogP contribution in [0.4, 0.5) is 0 Å². The Morgan fingerprint density at radius 1 is 0.766 bits per heavy atom. The Hall–Kier alpha value is -5.03. The molecule has 3 aromatic carbocycles. The maximum Gasteiger partial charge on any atom is 0.349 e. The number of esters is 2. The number of carbonyl (C=O) groups is 5. The van der Waals surface area contributed by atoms with Gasteiger partial charge in [0, 0.05) is 23.9 Å². The van der Waals surface area contributed by atoms with Crippen molar-refractivity contribution >= 4 is 29.7 Å². The third-order valence-electron chi connectivity index (χ3n) is 8.48. The summed E-state index contributed by atoms with van der Waals surface area (Å²) in [7, 11) is 1.69. The lowest BCUT2D eigenvalue weighted by atomic mass is 9.65. The number of hydrogen-bond acceptors (Lipinski definition) is 9. The van der Waals surface area contributed by atoms with Gasteiger partial charge in [-0.05, 0) is 63.1 Å². The molecular weight excluding hydrogens is 606 g/mol. The number of nitrogens with one attached hydrogen (secondary N) is 1. The summed E-state index contributed by atoms with van der Waals surface area (Å²) in [6, 6.07) is 20.1. The number of methoxy groups -OCH3 is 1. The van der Waals surface area contributed by atoms with Crippen LogP contribution < -0.4 is 10.1 Å². The molecule has 1 aliphatic rings. The van der Waals surface area contributed by atoms with Crippen molar-refractivity contribution in [3.63, 3.8) is 0 Å². The number of ether oxygens (including phenoxy) is 3. The van der Waals surface area contributed by atoms with Gasteiger partial charge in [0.05, 0.1) is 18.2 Å². The van der Waals surface area contributed by atoms with Gasteiger partial charge in [0.2, 0.25) is 12.2 Å². The van der Waals surface area contributed by atoms with Gasteiger partial charge in [-0.25, -0.2) is 19.2 Å². The summed E-state index contributed by atoms with van der Waals surface area (Å²) < 4.78 is 15.1. The van der Waals surface area contributed by atoms with Gasteiger partial charge < -0.3 is 29.7 Å². The van der Waals surface area contributed by atoms with E-state index in [1.54, 1.807) is 45.2 Å². The van der Waals surface area contributed by atoms with Gasteiger partial charge in [0.15, 0.2) is 0 Å². The molecule has 0 saturated carbocycles.